The summed E-state index contributed by atoms with van der Waals surface area (Å²) in [5.41, 5.74) is 1.31. The number of hydrogen-bond donors (Lipinski definition) is 1. The maximum absolute atomic E-state index is 12.8. The molecule has 0 saturated carbocycles. The molecule has 1 fully saturated rings. The van der Waals surface area contributed by atoms with Crippen LogP contribution in [0, 0.1) is 0 Å². The highest BCUT2D eigenvalue weighted by molar-refractivity contribution is 5.98. The fourth-order valence-electron chi connectivity index (χ4n) is 3.24. The fraction of sp³-hybridized carbons (Fsp3) is 0.353. The van der Waals surface area contributed by atoms with E-state index in [-0.39, 0.29) is 18.3 Å². The predicted octanol–water partition coefficient (Wildman–Crippen LogP) is 3.59. The van der Waals surface area contributed by atoms with Gasteiger partial charge in [-0.15, -0.1) is 10.2 Å². The van der Waals surface area contributed by atoms with E-state index in [9.17, 15) is 18.0 Å². The van der Waals surface area contributed by atoms with Gasteiger partial charge in [0.2, 0.25) is 5.89 Å². The number of alkyl halides is 3. The molecular weight excluding hydrogens is 349 g/mol. The summed E-state index contributed by atoms with van der Waals surface area (Å²) in [6.45, 7) is 0.776. The average molecular weight is 364 g/mol. The van der Waals surface area contributed by atoms with Crippen molar-refractivity contribution in [2.45, 2.75) is 24.9 Å². The second kappa shape index (κ2) is 6.15. The molecule has 4 rings (SSSR count). The summed E-state index contributed by atoms with van der Waals surface area (Å²) in [7, 11) is 0. The quantitative estimate of drug-likeness (QED) is 0.754. The van der Waals surface area contributed by atoms with Gasteiger partial charge in [0.05, 0.1) is 5.92 Å². The average Bonchev–Trinajstić information content (AvgIpc) is 3.28. The summed E-state index contributed by atoms with van der Waals surface area (Å²) in [5.74, 6) is -2.03. The summed E-state index contributed by atoms with van der Waals surface area (Å²) in [6, 6.07) is 9.31. The van der Waals surface area contributed by atoms with Crippen LogP contribution in [0.5, 0.6) is 0 Å². The van der Waals surface area contributed by atoms with Crippen LogP contribution >= 0.6 is 0 Å². The van der Waals surface area contributed by atoms with Gasteiger partial charge >= 0.3 is 12.1 Å². The number of fused-ring (bicyclic) bond motifs is 1. The van der Waals surface area contributed by atoms with E-state index in [1.165, 1.54) is 0 Å². The Morgan fingerprint density at radius 2 is 2.08 bits per heavy atom. The Hall–Kier alpha value is -2.84. The molecule has 0 bridgehead atoms. The predicted molar refractivity (Wildman–Crippen MR) is 85.5 cm³/mol. The minimum Gasteiger partial charge on any atom is -0.417 e. The van der Waals surface area contributed by atoms with Crippen molar-refractivity contribution < 1.29 is 22.4 Å². The number of hydrogen-bond acceptors (Lipinski definition) is 4. The lowest BCUT2D eigenvalue weighted by molar-refractivity contribution is -0.157. The number of amides is 1. The van der Waals surface area contributed by atoms with Crippen molar-refractivity contribution in [3.8, 4) is 0 Å². The number of halogens is 3. The monoisotopic (exact) mass is 364 g/mol. The van der Waals surface area contributed by atoms with Crippen LogP contribution in [0.1, 0.15) is 41.0 Å². The maximum Gasteiger partial charge on any atom is 0.470 e. The number of carbonyl (C=O) groups excluding carboxylic acids is 1. The number of aromatic amines is 1. The van der Waals surface area contributed by atoms with E-state index in [1.807, 2.05) is 24.3 Å². The lowest BCUT2D eigenvalue weighted by Gasteiger charge is -2.30. The van der Waals surface area contributed by atoms with Gasteiger partial charge in [-0.3, -0.25) is 4.79 Å². The lowest BCUT2D eigenvalue weighted by Crippen LogP contribution is -2.39. The fourth-order valence-corrected chi connectivity index (χ4v) is 3.24. The van der Waals surface area contributed by atoms with Crippen molar-refractivity contribution >= 4 is 16.8 Å². The van der Waals surface area contributed by atoms with Crippen LogP contribution in [-0.4, -0.2) is 39.1 Å². The Balaban J connectivity index is 1.52. The third kappa shape index (κ3) is 3.04. The molecule has 1 unspecified atom stereocenters. The number of nitrogens with zero attached hydrogens (tertiary/aromatic N) is 3. The Morgan fingerprint density at radius 3 is 2.81 bits per heavy atom. The third-order valence-electron chi connectivity index (χ3n) is 4.50. The molecule has 1 atom stereocenters. The van der Waals surface area contributed by atoms with Crippen molar-refractivity contribution in [2.24, 2.45) is 0 Å². The number of rotatable bonds is 2. The van der Waals surface area contributed by atoms with E-state index in [2.05, 4.69) is 15.2 Å². The Morgan fingerprint density at radius 1 is 1.27 bits per heavy atom. The van der Waals surface area contributed by atoms with Crippen molar-refractivity contribution in [1.82, 2.24) is 20.1 Å². The van der Waals surface area contributed by atoms with E-state index >= 15 is 0 Å². The molecule has 0 spiro atoms. The Labute approximate surface area is 146 Å². The zero-order valence-electron chi connectivity index (χ0n) is 13.6. The summed E-state index contributed by atoms with van der Waals surface area (Å²) < 4.78 is 42.7. The first kappa shape index (κ1) is 16.6. The van der Waals surface area contributed by atoms with Crippen LogP contribution in [0.4, 0.5) is 13.2 Å². The second-order valence-electron chi connectivity index (χ2n) is 6.30. The molecule has 0 aliphatic carbocycles. The summed E-state index contributed by atoms with van der Waals surface area (Å²) in [4.78, 5) is 17.4. The van der Waals surface area contributed by atoms with Crippen LogP contribution in [-0.2, 0) is 6.18 Å². The summed E-state index contributed by atoms with van der Waals surface area (Å²) in [6.07, 6.45) is -3.42. The van der Waals surface area contributed by atoms with Gasteiger partial charge in [0, 0.05) is 24.0 Å². The van der Waals surface area contributed by atoms with E-state index in [1.54, 1.807) is 11.0 Å². The van der Waals surface area contributed by atoms with Gasteiger partial charge < -0.3 is 14.3 Å². The van der Waals surface area contributed by atoms with E-state index in [4.69, 9.17) is 4.42 Å². The molecular formula is C17H15F3N4O2. The normalized spacial score (nSPS) is 18.4. The first-order valence-corrected chi connectivity index (χ1v) is 8.19. The molecule has 0 radical (unpaired) electrons. The minimum absolute atomic E-state index is 0.0773. The third-order valence-corrected chi connectivity index (χ3v) is 4.50. The van der Waals surface area contributed by atoms with Gasteiger partial charge in [0.15, 0.2) is 0 Å². The zero-order chi connectivity index (χ0) is 18.3. The van der Waals surface area contributed by atoms with Gasteiger partial charge in [-0.2, -0.15) is 13.2 Å². The Bertz CT molecular complexity index is 914. The number of nitrogens with one attached hydrogen (secondary N) is 1. The number of piperidine rings is 1. The van der Waals surface area contributed by atoms with Crippen LogP contribution in [0.3, 0.4) is 0 Å². The highest BCUT2D eigenvalue weighted by Gasteiger charge is 2.39. The highest BCUT2D eigenvalue weighted by atomic mass is 19.4. The molecule has 3 heterocycles. The topological polar surface area (TPSA) is 75.0 Å². The number of H-pyrrole nitrogens is 1. The van der Waals surface area contributed by atoms with Gasteiger partial charge in [-0.25, -0.2) is 0 Å². The standard InChI is InChI=1S/C17H15F3N4O2/c18-17(19,20)16-23-22-14(26-16)11-5-3-7-24(9-11)15(25)13-8-10-4-1-2-6-12(10)21-13/h1-2,4,6,8,11,21H,3,5,7,9H2. The summed E-state index contributed by atoms with van der Waals surface area (Å²) >= 11 is 0. The molecule has 9 heteroatoms. The second-order valence-corrected chi connectivity index (χ2v) is 6.30. The van der Waals surface area contributed by atoms with Crippen LogP contribution in [0.25, 0.3) is 10.9 Å². The number of aromatic nitrogens is 3. The number of carbonyl (C=O) groups is 1. The molecule has 1 saturated heterocycles. The largest absolute Gasteiger partial charge is 0.470 e. The first-order valence-electron chi connectivity index (χ1n) is 8.19. The maximum atomic E-state index is 12.8. The van der Waals surface area contributed by atoms with Crippen molar-refractivity contribution in [2.75, 3.05) is 13.1 Å². The minimum atomic E-state index is -4.67. The van der Waals surface area contributed by atoms with Crippen LogP contribution in [0.15, 0.2) is 34.7 Å². The molecule has 2 aromatic heterocycles. The Kier molecular flexibility index (Phi) is 3.93. The van der Waals surface area contributed by atoms with E-state index in [0.717, 1.165) is 10.9 Å². The summed E-state index contributed by atoms with van der Waals surface area (Å²) in [5, 5.41) is 7.52. The van der Waals surface area contributed by atoms with Gasteiger partial charge in [-0.1, -0.05) is 18.2 Å². The van der Waals surface area contributed by atoms with E-state index in [0.29, 0.717) is 25.1 Å². The highest BCUT2D eigenvalue weighted by Crippen LogP contribution is 2.32. The molecule has 1 aliphatic rings. The van der Waals surface area contributed by atoms with Crippen molar-refractivity contribution in [1.29, 1.82) is 0 Å². The lowest BCUT2D eigenvalue weighted by atomic mass is 9.98. The molecule has 1 amide bonds. The molecule has 1 aromatic carbocycles. The zero-order valence-corrected chi connectivity index (χ0v) is 13.6. The smallest absolute Gasteiger partial charge is 0.417 e. The molecule has 6 nitrogen and oxygen atoms in total. The molecule has 136 valence electrons. The SMILES string of the molecule is O=C(c1cc2ccccc2[nH]1)N1CCCC(c2nnc(C(F)(F)F)o2)C1. The van der Waals surface area contributed by atoms with Gasteiger partial charge in [0.25, 0.3) is 5.91 Å². The van der Waals surface area contributed by atoms with Crippen molar-refractivity contribution in [3.63, 3.8) is 0 Å². The number of likely N-dealkylation sites (tertiary alicyclic amines) is 1. The van der Waals surface area contributed by atoms with Gasteiger partial charge in [-0.05, 0) is 25.0 Å². The number of benzene rings is 1. The van der Waals surface area contributed by atoms with Crippen LogP contribution in [0.2, 0.25) is 0 Å². The van der Waals surface area contributed by atoms with Gasteiger partial charge in [0.1, 0.15) is 5.69 Å². The van der Waals surface area contributed by atoms with Crippen molar-refractivity contribution in [3.05, 3.63) is 47.8 Å². The molecule has 3 aromatic rings. The first-order chi connectivity index (χ1) is 12.4. The molecule has 26 heavy (non-hydrogen) atoms. The molecule has 1 aliphatic heterocycles. The van der Waals surface area contributed by atoms with E-state index < -0.39 is 18.0 Å². The molecule has 1 N–H and O–H groups in total. The number of para-hydroxylation sites is 1. The van der Waals surface area contributed by atoms with Crippen LogP contribution < -0.4 is 0 Å².